The molecule has 2 heterocycles. The van der Waals surface area contributed by atoms with Crippen LogP contribution in [0.2, 0.25) is 0 Å². The highest BCUT2D eigenvalue weighted by Crippen LogP contribution is 2.29. The van der Waals surface area contributed by atoms with Crippen molar-refractivity contribution in [1.82, 2.24) is 14.7 Å². The van der Waals surface area contributed by atoms with Crippen LogP contribution in [-0.4, -0.2) is 36.6 Å². The monoisotopic (exact) mass is 345 g/mol. The van der Waals surface area contributed by atoms with Crippen molar-refractivity contribution in [2.45, 2.75) is 18.2 Å². The molecule has 0 unspecified atom stereocenters. The zero-order valence-corrected chi connectivity index (χ0v) is 14.1. The number of hydrogen-bond donors (Lipinski definition) is 3. The summed E-state index contributed by atoms with van der Waals surface area (Å²) in [4.78, 5) is 7.79. The maximum absolute atomic E-state index is 12.1. The fourth-order valence-electron chi connectivity index (χ4n) is 2.60. The van der Waals surface area contributed by atoms with Gasteiger partial charge >= 0.3 is 0 Å². The van der Waals surface area contributed by atoms with Crippen molar-refractivity contribution >= 4 is 21.1 Å². The predicted octanol–water partition coefficient (Wildman–Crippen LogP) is 2.06. The van der Waals surface area contributed by atoms with Crippen LogP contribution in [0.5, 0.6) is 0 Å². The van der Waals surface area contributed by atoms with Crippen LogP contribution in [-0.2, 0) is 16.4 Å². The summed E-state index contributed by atoms with van der Waals surface area (Å²) in [5.74, 6) is 0. The maximum atomic E-state index is 12.1. The Morgan fingerprint density at radius 1 is 1.21 bits per heavy atom. The van der Waals surface area contributed by atoms with Gasteiger partial charge in [0.2, 0.25) is 10.0 Å². The summed E-state index contributed by atoms with van der Waals surface area (Å²) in [6.07, 6.45) is 2.63. The molecule has 0 aliphatic carbocycles. The molecule has 0 bridgehead atoms. The largest absolute Gasteiger partial charge is 0.395 e. The van der Waals surface area contributed by atoms with Crippen LogP contribution in [0, 0.1) is 0 Å². The third kappa shape index (κ3) is 3.19. The van der Waals surface area contributed by atoms with E-state index in [9.17, 15) is 8.42 Å². The molecule has 0 aliphatic heterocycles. The molecule has 0 spiro atoms. The lowest BCUT2D eigenvalue weighted by molar-refractivity contribution is 0.301. The summed E-state index contributed by atoms with van der Waals surface area (Å²) in [5.41, 5.74) is 3.86. The van der Waals surface area contributed by atoms with Crippen LogP contribution in [0.3, 0.4) is 0 Å². The molecule has 0 aliphatic rings. The second kappa shape index (κ2) is 6.72. The van der Waals surface area contributed by atoms with E-state index in [4.69, 9.17) is 5.11 Å². The smallest absolute Gasteiger partial charge is 0.240 e. The molecule has 2 aromatic heterocycles. The summed E-state index contributed by atoms with van der Waals surface area (Å²) in [5, 5.41) is 9.77. The van der Waals surface area contributed by atoms with Crippen molar-refractivity contribution in [2.24, 2.45) is 0 Å². The number of aliphatic hydroxyl groups excluding tert-OH is 1. The van der Waals surface area contributed by atoms with Crippen molar-refractivity contribution in [3.05, 3.63) is 48.3 Å². The van der Waals surface area contributed by atoms with E-state index in [1.807, 2.05) is 6.07 Å². The Hall–Kier alpha value is -2.22. The van der Waals surface area contributed by atoms with Gasteiger partial charge < -0.3 is 10.1 Å². The number of aromatic nitrogens is 2. The van der Waals surface area contributed by atoms with E-state index < -0.39 is 10.0 Å². The second-order valence-corrected chi connectivity index (χ2v) is 7.18. The van der Waals surface area contributed by atoms with Gasteiger partial charge in [0, 0.05) is 23.8 Å². The van der Waals surface area contributed by atoms with Crippen molar-refractivity contribution < 1.29 is 13.5 Å². The third-order valence-electron chi connectivity index (χ3n) is 3.85. The van der Waals surface area contributed by atoms with Crippen molar-refractivity contribution in [3.8, 4) is 11.1 Å². The summed E-state index contributed by atoms with van der Waals surface area (Å²) in [6.45, 7) is 1.83. The number of aliphatic hydroxyl groups is 1. The first kappa shape index (κ1) is 16.6. The van der Waals surface area contributed by atoms with Gasteiger partial charge in [0.15, 0.2) is 0 Å². The topological polar surface area (TPSA) is 95.1 Å². The average molecular weight is 345 g/mol. The number of aromatic amines is 1. The molecule has 3 aromatic rings. The van der Waals surface area contributed by atoms with E-state index >= 15 is 0 Å². The van der Waals surface area contributed by atoms with Crippen LogP contribution in [0.1, 0.15) is 12.6 Å². The Kier molecular flexibility index (Phi) is 4.66. The number of benzene rings is 1. The van der Waals surface area contributed by atoms with Gasteiger partial charge in [0.25, 0.3) is 0 Å². The molecule has 7 heteroatoms. The number of sulfonamides is 1. The lowest BCUT2D eigenvalue weighted by Crippen LogP contribution is -2.26. The van der Waals surface area contributed by atoms with E-state index in [1.165, 1.54) is 0 Å². The van der Waals surface area contributed by atoms with E-state index in [-0.39, 0.29) is 18.0 Å². The lowest BCUT2D eigenvalue weighted by atomic mass is 10.0. The van der Waals surface area contributed by atoms with Gasteiger partial charge in [-0.1, -0.05) is 19.1 Å². The van der Waals surface area contributed by atoms with Crippen LogP contribution >= 0.6 is 0 Å². The molecule has 126 valence electrons. The van der Waals surface area contributed by atoms with Crippen molar-refractivity contribution in [1.29, 1.82) is 0 Å². The standard InChI is InChI=1S/C17H19N3O3S/c1-2-13-11-16-15(7-8-18-17(16)20-13)12-3-5-14(6-4-12)24(22,23)19-9-10-21/h3-8,11,19,21H,2,9-10H2,1H3,(H,18,20). The first-order chi connectivity index (χ1) is 11.5. The normalized spacial score (nSPS) is 11.9. The van der Waals surface area contributed by atoms with E-state index in [0.717, 1.165) is 34.3 Å². The van der Waals surface area contributed by atoms with Gasteiger partial charge in [0.05, 0.1) is 11.5 Å². The van der Waals surface area contributed by atoms with Gasteiger partial charge in [-0.05, 0) is 41.8 Å². The van der Waals surface area contributed by atoms with Crippen molar-refractivity contribution in [2.75, 3.05) is 13.2 Å². The molecule has 0 fully saturated rings. The number of rotatable bonds is 6. The minimum Gasteiger partial charge on any atom is -0.395 e. The van der Waals surface area contributed by atoms with Crippen LogP contribution in [0.25, 0.3) is 22.2 Å². The highest BCUT2D eigenvalue weighted by atomic mass is 32.2. The Bertz CT molecular complexity index is 947. The van der Waals surface area contributed by atoms with Gasteiger partial charge in [0.1, 0.15) is 5.65 Å². The number of nitrogens with zero attached hydrogens (tertiary/aromatic N) is 1. The Balaban J connectivity index is 1.98. The average Bonchev–Trinajstić information content (AvgIpc) is 3.03. The molecule has 3 rings (SSSR count). The molecule has 0 saturated heterocycles. The van der Waals surface area contributed by atoms with Crippen LogP contribution < -0.4 is 4.72 Å². The summed E-state index contributed by atoms with van der Waals surface area (Å²) < 4.78 is 26.4. The van der Waals surface area contributed by atoms with Gasteiger partial charge in [-0.25, -0.2) is 18.1 Å². The molecule has 0 radical (unpaired) electrons. The molecular formula is C17H19N3O3S. The zero-order chi connectivity index (χ0) is 17.2. The lowest BCUT2D eigenvalue weighted by Gasteiger charge is -2.07. The third-order valence-corrected chi connectivity index (χ3v) is 5.32. The fraction of sp³-hybridized carbons (Fsp3) is 0.235. The minimum absolute atomic E-state index is 0.00178. The van der Waals surface area contributed by atoms with E-state index in [0.29, 0.717) is 0 Å². The molecular weight excluding hydrogens is 326 g/mol. The molecule has 24 heavy (non-hydrogen) atoms. The maximum Gasteiger partial charge on any atom is 0.240 e. The highest BCUT2D eigenvalue weighted by Gasteiger charge is 2.14. The van der Waals surface area contributed by atoms with Crippen molar-refractivity contribution in [3.63, 3.8) is 0 Å². The number of pyridine rings is 1. The minimum atomic E-state index is -3.59. The SMILES string of the molecule is CCc1cc2c(-c3ccc(S(=O)(=O)NCCO)cc3)ccnc2[nH]1. The number of nitrogens with one attached hydrogen (secondary N) is 2. The van der Waals surface area contributed by atoms with E-state index in [1.54, 1.807) is 30.5 Å². The quantitative estimate of drug-likeness (QED) is 0.637. The Labute approximate surface area is 140 Å². The number of fused-ring (bicyclic) bond motifs is 1. The summed E-state index contributed by atoms with van der Waals surface area (Å²) in [7, 11) is -3.59. The molecule has 0 atom stereocenters. The van der Waals surface area contributed by atoms with Crippen LogP contribution in [0.4, 0.5) is 0 Å². The fourth-order valence-corrected chi connectivity index (χ4v) is 3.62. The first-order valence-electron chi connectivity index (χ1n) is 7.72. The molecule has 0 amide bonds. The zero-order valence-electron chi connectivity index (χ0n) is 13.3. The summed E-state index contributed by atoms with van der Waals surface area (Å²) in [6, 6.07) is 10.7. The number of aryl methyl sites for hydroxylation is 1. The molecule has 0 saturated carbocycles. The summed E-state index contributed by atoms with van der Waals surface area (Å²) >= 11 is 0. The number of hydrogen-bond acceptors (Lipinski definition) is 4. The molecule has 3 N–H and O–H groups in total. The highest BCUT2D eigenvalue weighted by molar-refractivity contribution is 7.89. The molecule has 1 aromatic carbocycles. The van der Waals surface area contributed by atoms with Crippen LogP contribution in [0.15, 0.2) is 47.5 Å². The predicted molar refractivity (Wildman–Crippen MR) is 93.2 cm³/mol. The van der Waals surface area contributed by atoms with E-state index in [2.05, 4.69) is 27.7 Å². The second-order valence-electron chi connectivity index (χ2n) is 5.41. The Morgan fingerprint density at radius 2 is 1.96 bits per heavy atom. The van der Waals surface area contributed by atoms with Gasteiger partial charge in [-0.15, -0.1) is 0 Å². The van der Waals surface area contributed by atoms with Gasteiger partial charge in [-0.3, -0.25) is 0 Å². The molecule has 6 nitrogen and oxygen atoms in total. The first-order valence-corrected chi connectivity index (χ1v) is 9.21. The number of H-pyrrole nitrogens is 1. The Morgan fingerprint density at radius 3 is 2.62 bits per heavy atom. The van der Waals surface area contributed by atoms with Gasteiger partial charge in [-0.2, -0.15) is 0 Å².